The Hall–Kier alpha value is -9.40. The van der Waals surface area contributed by atoms with Crippen molar-refractivity contribution in [3.8, 4) is 67.9 Å². The maximum Gasteiger partial charge on any atom is 0.242 e. The van der Waals surface area contributed by atoms with Crippen molar-refractivity contribution in [3.05, 3.63) is 270 Å². The van der Waals surface area contributed by atoms with E-state index in [1.165, 1.54) is 77.2 Å². The number of allylic oxidation sites excluding steroid dienone is 6. The maximum absolute atomic E-state index is 4.10. The molecule has 4 aliphatic rings. The predicted molar refractivity (Wildman–Crippen MR) is 320 cm³/mol. The largest absolute Gasteiger partial charge is 0.421 e. The molecule has 0 unspecified atom stereocenters. The number of pyridine rings is 1. The second kappa shape index (κ2) is 21.7. The van der Waals surface area contributed by atoms with Crippen molar-refractivity contribution in [1.82, 2.24) is 29.3 Å². The van der Waals surface area contributed by atoms with Crippen LogP contribution in [0.25, 0.3) is 113 Å². The number of benzene rings is 8. The minimum Gasteiger partial charge on any atom is -0.421 e. The third-order valence-corrected chi connectivity index (χ3v) is 15.6. The van der Waals surface area contributed by atoms with E-state index in [0.29, 0.717) is 11.6 Å². The topological polar surface area (TPSA) is 70.4 Å². The molecule has 0 spiro atoms. The van der Waals surface area contributed by atoms with Crippen molar-refractivity contribution in [1.29, 1.82) is 0 Å². The van der Waals surface area contributed by atoms with Crippen molar-refractivity contribution in [2.24, 2.45) is 14.1 Å². The number of hydrogen-bond acceptors (Lipinski definition) is 3. The van der Waals surface area contributed by atoms with Gasteiger partial charge in [-0.2, -0.15) is 24.3 Å². The van der Waals surface area contributed by atoms with Crippen molar-refractivity contribution in [2.45, 2.75) is 32.6 Å². The summed E-state index contributed by atoms with van der Waals surface area (Å²) in [5.41, 5.74) is 23.1. The Balaban J connectivity index is 0.000000126. The summed E-state index contributed by atoms with van der Waals surface area (Å²) in [5, 5.41) is 12.9. The van der Waals surface area contributed by atoms with Crippen LogP contribution < -0.4 is 14.2 Å². The summed E-state index contributed by atoms with van der Waals surface area (Å²) in [7, 11) is 4.16. The van der Waals surface area contributed by atoms with E-state index in [0.717, 1.165) is 76.7 Å². The van der Waals surface area contributed by atoms with Gasteiger partial charge in [-0.15, -0.1) is 44.8 Å². The molecule has 0 atom stereocenters. The van der Waals surface area contributed by atoms with Crippen molar-refractivity contribution < 1.29 is 29.2 Å². The zero-order valence-electron chi connectivity index (χ0n) is 45.0. The van der Waals surface area contributed by atoms with E-state index in [1.807, 2.05) is 18.2 Å². The average Bonchev–Trinajstić information content (AvgIpc) is 4.41. The zero-order chi connectivity index (χ0) is 53.7. The Morgan fingerprint density at radius 1 is 0.506 bits per heavy atom. The van der Waals surface area contributed by atoms with Gasteiger partial charge < -0.3 is 28.4 Å². The maximum atomic E-state index is 4.10. The first-order chi connectivity index (χ1) is 39.4. The van der Waals surface area contributed by atoms with Crippen LogP contribution in [0.5, 0.6) is 0 Å². The summed E-state index contributed by atoms with van der Waals surface area (Å²) in [4.78, 5) is 8.19. The number of imidazole rings is 2. The molecule has 4 aromatic heterocycles. The third kappa shape index (κ3) is 9.24. The van der Waals surface area contributed by atoms with Gasteiger partial charge in [-0.1, -0.05) is 200 Å². The molecule has 4 heterocycles. The van der Waals surface area contributed by atoms with Gasteiger partial charge in [0.05, 0.1) is 42.6 Å². The van der Waals surface area contributed by atoms with Crippen LogP contribution in [-0.2, 0) is 47.0 Å². The van der Waals surface area contributed by atoms with Crippen LogP contribution >= 0.6 is 0 Å². The molecule has 16 rings (SSSR count). The monoisotopic (exact) mass is 1220 g/mol. The Kier molecular flexibility index (Phi) is 13.7. The molecule has 0 aliphatic heterocycles. The third-order valence-electron chi connectivity index (χ3n) is 15.6. The van der Waals surface area contributed by atoms with Gasteiger partial charge in [0.15, 0.2) is 0 Å². The quantitative estimate of drug-likeness (QED) is 0.118. The molecule has 1 radical (unpaired) electrons. The van der Waals surface area contributed by atoms with Gasteiger partial charge in [-0.05, 0) is 93.4 Å². The standard InChI is InChI=1S/2C32H23N2.C8H7N4.Ir/c2*1-33-21-34(32(26-11-6-3-7-12-26)31(33)25-9-4-2-5-10-25)28-20-18-24-16-15-22-13-8-14-23-17-19-27(28)30(24)29(22)23;1-6-10-8(12-11-6)7-4-2-3-5-9-7;/h2*2-12,14-15,17-19H,13,16H2,1H3;2-5H,1H3;/q3*-1;. The van der Waals surface area contributed by atoms with Gasteiger partial charge >= 0.3 is 0 Å². The number of hydrogen-bond donors (Lipinski definition) is 0. The van der Waals surface area contributed by atoms with Crippen LogP contribution in [0.3, 0.4) is 0 Å². The van der Waals surface area contributed by atoms with Crippen LogP contribution in [0, 0.1) is 31.7 Å². The molecule has 0 saturated carbocycles. The Bertz CT molecular complexity index is 4220. The summed E-state index contributed by atoms with van der Waals surface area (Å²) >= 11 is 0. The van der Waals surface area contributed by atoms with Crippen LogP contribution in [-0.4, -0.2) is 24.2 Å². The number of aromatic nitrogens is 8. The normalized spacial score (nSPS) is 13.1. The second-order valence-electron chi connectivity index (χ2n) is 20.6. The van der Waals surface area contributed by atoms with E-state index in [2.05, 4.69) is 271 Å². The zero-order valence-corrected chi connectivity index (χ0v) is 47.4. The van der Waals surface area contributed by atoms with Gasteiger partial charge in [0.1, 0.15) is 0 Å². The Morgan fingerprint density at radius 2 is 0.951 bits per heavy atom. The van der Waals surface area contributed by atoms with E-state index in [1.54, 1.807) is 13.1 Å². The van der Waals surface area contributed by atoms with Crippen molar-refractivity contribution in [2.75, 3.05) is 0 Å². The second-order valence-corrected chi connectivity index (χ2v) is 20.6. The Morgan fingerprint density at radius 3 is 1.37 bits per heavy atom. The van der Waals surface area contributed by atoms with Crippen LogP contribution in [0.1, 0.15) is 52.0 Å². The van der Waals surface area contributed by atoms with Gasteiger partial charge in [0.25, 0.3) is 0 Å². The molecule has 0 fully saturated rings. The molecule has 0 N–H and O–H groups in total. The minimum atomic E-state index is 0. The molecule has 0 bridgehead atoms. The number of rotatable bonds is 7. The van der Waals surface area contributed by atoms with Gasteiger partial charge in [0, 0.05) is 32.1 Å². The summed E-state index contributed by atoms with van der Waals surface area (Å²) in [6.07, 6.45) is 26.8. The number of nitrogens with zero attached hydrogens (tertiary/aromatic N) is 8. The summed E-state index contributed by atoms with van der Waals surface area (Å²) in [6.45, 7) is 1.80. The van der Waals surface area contributed by atoms with Crippen molar-refractivity contribution in [3.63, 3.8) is 0 Å². The Labute approximate surface area is 485 Å². The van der Waals surface area contributed by atoms with Crippen LogP contribution in [0.2, 0.25) is 0 Å². The molecular formula is C72H53IrN8-3. The van der Waals surface area contributed by atoms with Crippen molar-refractivity contribution >= 4 is 44.8 Å². The minimum absolute atomic E-state index is 0. The molecule has 9 heteroatoms. The first kappa shape index (κ1) is 51.1. The molecule has 393 valence electrons. The smallest absolute Gasteiger partial charge is 0.242 e. The van der Waals surface area contributed by atoms with Gasteiger partial charge in [-0.3, -0.25) is 10.1 Å². The molecule has 0 saturated heterocycles. The molecule has 12 aromatic rings. The molecule has 0 amide bonds. The van der Waals surface area contributed by atoms with E-state index >= 15 is 0 Å². The van der Waals surface area contributed by atoms with E-state index in [-0.39, 0.29) is 20.1 Å². The molecule has 81 heavy (non-hydrogen) atoms. The summed E-state index contributed by atoms with van der Waals surface area (Å²) in [5.74, 6) is 1.27. The van der Waals surface area contributed by atoms with Gasteiger partial charge in [-0.25, -0.2) is 0 Å². The fourth-order valence-electron chi connectivity index (χ4n) is 12.1. The number of aryl methyl sites for hydroxylation is 3. The first-order valence-electron chi connectivity index (χ1n) is 27.2. The first-order valence-corrected chi connectivity index (χ1v) is 27.2. The molecular weight excluding hydrogens is 1170 g/mol. The predicted octanol–water partition coefficient (Wildman–Crippen LogP) is 14.3. The molecule has 8 aromatic carbocycles. The average molecular weight is 1220 g/mol. The molecule has 4 aliphatic carbocycles. The van der Waals surface area contributed by atoms with Crippen LogP contribution in [0.15, 0.2) is 206 Å². The summed E-state index contributed by atoms with van der Waals surface area (Å²) in [6, 6.07) is 68.8. The SMILES string of the molecule is C[n+]1[c-]n(-c2[c-]cc3c4c5c(ccc24)C=CCC5=CC3)c(-c2ccccc2)c1-c1ccccc1.C[n+]1[c-]n(-c2[c-]cc3c4c5c(ccc24)C=CCC5=CC3)c(-c2ccccc2)c1-c1ccccc1.Cc1n[n-]c(-c2ccccn2)n1.[Ir]. The van der Waals surface area contributed by atoms with Crippen LogP contribution in [0.4, 0.5) is 0 Å². The van der Waals surface area contributed by atoms with E-state index < -0.39 is 0 Å². The fraction of sp³-hybridized carbons (Fsp3) is 0.0972. The van der Waals surface area contributed by atoms with Gasteiger partial charge in [0.2, 0.25) is 12.7 Å². The van der Waals surface area contributed by atoms with E-state index in [4.69, 9.17) is 0 Å². The van der Waals surface area contributed by atoms with E-state index in [9.17, 15) is 0 Å². The molecule has 8 nitrogen and oxygen atoms in total. The summed E-state index contributed by atoms with van der Waals surface area (Å²) < 4.78 is 8.65. The fourth-order valence-corrected chi connectivity index (χ4v) is 12.1.